The summed E-state index contributed by atoms with van der Waals surface area (Å²) in [6.07, 6.45) is 7.72. The molecule has 0 amide bonds. The van der Waals surface area contributed by atoms with Gasteiger partial charge in [-0.1, -0.05) is 0 Å². The number of halogens is 1. The molecule has 1 N–H and O–H groups in total. The molecule has 154 valence electrons. The zero-order chi connectivity index (χ0) is 22.5. The molecule has 0 radical (unpaired) electrons. The van der Waals surface area contributed by atoms with Crippen LogP contribution in [0.3, 0.4) is 0 Å². The Morgan fingerprint density at radius 1 is 1.06 bits per heavy atom. The lowest BCUT2D eigenvalue weighted by Gasteiger charge is -2.11. The molecule has 0 aromatic carbocycles. The van der Waals surface area contributed by atoms with E-state index in [4.69, 9.17) is 11.8 Å². The van der Waals surface area contributed by atoms with Crippen LogP contribution in [0.25, 0.3) is 27.2 Å². The zero-order valence-electron chi connectivity index (χ0n) is 17.0. The van der Waals surface area contributed by atoms with Crippen LogP contribution in [0.5, 0.6) is 0 Å². The van der Waals surface area contributed by atoms with E-state index in [9.17, 15) is 0 Å². The number of nitriles is 1. The first-order valence-corrected chi connectivity index (χ1v) is 9.62. The smallest absolute Gasteiger partial charge is 0.213 e. The van der Waals surface area contributed by atoms with Crippen LogP contribution in [-0.4, -0.2) is 19.9 Å². The highest BCUT2D eigenvalue weighted by molar-refractivity contribution is 5.75. The van der Waals surface area contributed by atoms with Gasteiger partial charge < -0.3 is 5.32 Å². The van der Waals surface area contributed by atoms with Crippen LogP contribution in [0.4, 0.5) is 15.9 Å². The minimum atomic E-state index is -0.549. The molecule has 7 nitrogen and oxygen atoms in total. The summed E-state index contributed by atoms with van der Waals surface area (Å²) in [4.78, 5) is 20.3. The number of rotatable bonds is 5. The van der Waals surface area contributed by atoms with E-state index in [1.54, 1.807) is 24.5 Å². The highest BCUT2D eigenvalue weighted by Crippen LogP contribution is 2.30. The van der Waals surface area contributed by atoms with Crippen LogP contribution in [-0.2, 0) is 6.54 Å². The average molecular weight is 421 g/mol. The van der Waals surface area contributed by atoms with Gasteiger partial charge in [-0.25, -0.2) is 14.2 Å². The Morgan fingerprint density at radius 3 is 2.69 bits per heavy atom. The molecule has 0 saturated carbocycles. The van der Waals surface area contributed by atoms with Crippen molar-refractivity contribution in [2.75, 3.05) is 5.32 Å². The molecule has 0 saturated heterocycles. The van der Waals surface area contributed by atoms with Crippen molar-refractivity contribution in [3.8, 4) is 28.5 Å². The van der Waals surface area contributed by atoms with Gasteiger partial charge in [-0.2, -0.15) is 5.26 Å². The fourth-order valence-corrected chi connectivity index (χ4v) is 3.22. The van der Waals surface area contributed by atoms with E-state index in [2.05, 4.69) is 30.1 Å². The number of nitrogens with one attached hydrogen (secondary N) is 1. The first-order valence-electron chi connectivity index (χ1n) is 9.62. The van der Waals surface area contributed by atoms with Gasteiger partial charge in [0.2, 0.25) is 5.69 Å². The maximum atomic E-state index is 15.1. The summed E-state index contributed by atoms with van der Waals surface area (Å²) in [6, 6.07) is 10.5. The van der Waals surface area contributed by atoms with Gasteiger partial charge in [0.1, 0.15) is 6.07 Å². The quantitative estimate of drug-likeness (QED) is 0.452. The summed E-state index contributed by atoms with van der Waals surface area (Å²) in [5, 5.41) is 12.0. The zero-order valence-corrected chi connectivity index (χ0v) is 17.0. The maximum Gasteiger partial charge on any atom is 0.213 e. The van der Waals surface area contributed by atoms with Gasteiger partial charge in [-0.05, 0) is 48.4 Å². The number of hydrogen-bond donors (Lipinski definition) is 1. The summed E-state index contributed by atoms with van der Waals surface area (Å²) in [5.74, 6) is -0.491. The average Bonchev–Trinajstić information content (AvgIpc) is 2.83. The monoisotopic (exact) mass is 421 g/mol. The summed E-state index contributed by atoms with van der Waals surface area (Å²) in [6.45, 7) is 9.63. The lowest BCUT2D eigenvalue weighted by molar-refractivity contribution is 0.627. The third kappa shape index (κ3) is 4.25. The van der Waals surface area contributed by atoms with E-state index in [0.717, 1.165) is 11.3 Å². The van der Waals surface area contributed by atoms with Crippen molar-refractivity contribution in [1.29, 1.82) is 5.26 Å². The molecule has 0 spiro atoms. The lowest BCUT2D eigenvalue weighted by Crippen LogP contribution is -2.05. The largest absolute Gasteiger partial charge is 0.364 e. The topological polar surface area (TPSA) is 91.7 Å². The molecule has 4 rings (SSSR count). The second-order valence-electron chi connectivity index (χ2n) is 6.96. The lowest BCUT2D eigenvalue weighted by atomic mass is 10.1. The third-order valence-corrected chi connectivity index (χ3v) is 4.74. The molecular weight excluding hydrogens is 405 g/mol. The maximum absolute atomic E-state index is 15.1. The van der Waals surface area contributed by atoms with Gasteiger partial charge >= 0.3 is 0 Å². The Morgan fingerprint density at radius 2 is 1.91 bits per heavy atom. The first kappa shape index (κ1) is 20.6. The fraction of sp³-hybridized carbons (Fsp3) is 0.0833. The SMILES string of the molecule is [C-]#[N+]c1cc(CNc2nccc(-c3cncc(C#N)c3)c2F)cnc1-c1ccnc(C)c1. The van der Waals surface area contributed by atoms with Gasteiger partial charge in [0.15, 0.2) is 11.6 Å². The molecule has 0 fully saturated rings. The molecule has 4 aromatic heterocycles. The van der Waals surface area contributed by atoms with E-state index in [-0.39, 0.29) is 17.9 Å². The van der Waals surface area contributed by atoms with Crippen molar-refractivity contribution in [2.45, 2.75) is 13.5 Å². The Balaban J connectivity index is 1.58. The molecule has 0 aliphatic carbocycles. The second kappa shape index (κ2) is 8.99. The van der Waals surface area contributed by atoms with Crippen LogP contribution in [0, 0.1) is 30.6 Å². The minimum Gasteiger partial charge on any atom is -0.364 e. The van der Waals surface area contributed by atoms with Gasteiger partial charge in [0.25, 0.3) is 0 Å². The minimum absolute atomic E-state index is 0.0584. The van der Waals surface area contributed by atoms with Gasteiger partial charge in [-0.15, -0.1) is 0 Å². The summed E-state index contributed by atoms with van der Waals surface area (Å²) in [5.41, 5.74) is 4.46. The van der Waals surface area contributed by atoms with E-state index in [1.807, 2.05) is 25.1 Å². The fourth-order valence-electron chi connectivity index (χ4n) is 3.22. The van der Waals surface area contributed by atoms with E-state index < -0.39 is 5.82 Å². The number of anilines is 1. The van der Waals surface area contributed by atoms with E-state index in [1.165, 1.54) is 24.7 Å². The first-order chi connectivity index (χ1) is 15.6. The molecular formula is C24H16FN7. The van der Waals surface area contributed by atoms with Gasteiger partial charge in [0, 0.05) is 54.3 Å². The normalized spacial score (nSPS) is 10.2. The highest BCUT2D eigenvalue weighted by Gasteiger charge is 2.13. The van der Waals surface area contributed by atoms with Crippen molar-refractivity contribution in [2.24, 2.45) is 0 Å². The van der Waals surface area contributed by atoms with Crippen LogP contribution in [0.2, 0.25) is 0 Å². The molecule has 32 heavy (non-hydrogen) atoms. The Bertz CT molecular complexity index is 1390. The standard InChI is InChI=1S/C24H16FN7/c1-15-7-18(3-5-29-15)23-21(27-2)9-17(12-31-23)13-32-24-22(25)20(4-6-30-24)19-8-16(10-26)11-28-14-19/h3-9,11-12,14H,13H2,1H3,(H,30,32). The molecule has 8 heteroatoms. The molecule has 4 aromatic rings. The van der Waals surface area contributed by atoms with Gasteiger partial charge in [0.05, 0.1) is 17.8 Å². The second-order valence-corrected chi connectivity index (χ2v) is 6.96. The number of hydrogen-bond acceptors (Lipinski definition) is 6. The van der Waals surface area contributed by atoms with Crippen LogP contribution in [0.15, 0.2) is 61.3 Å². The van der Waals surface area contributed by atoms with Crippen molar-refractivity contribution < 1.29 is 4.39 Å². The highest BCUT2D eigenvalue weighted by atomic mass is 19.1. The van der Waals surface area contributed by atoms with Gasteiger partial charge in [-0.3, -0.25) is 15.0 Å². The van der Waals surface area contributed by atoms with Crippen molar-refractivity contribution in [3.63, 3.8) is 0 Å². The predicted molar refractivity (Wildman–Crippen MR) is 118 cm³/mol. The van der Waals surface area contributed by atoms with Crippen molar-refractivity contribution in [3.05, 3.63) is 95.4 Å². The van der Waals surface area contributed by atoms with Crippen LogP contribution in [0.1, 0.15) is 16.8 Å². The third-order valence-electron chi connectivity index (χ3n) is 4.74. The molecule has 0 atom stereocenters. The predicted octanol–water partition coefficient (Wildman–Crippen LogP) is 5.08. The van der Waals surface area contributed by atoms with Crippen molar-refractivity contribution in [1.82, 2.24) is 19.9 Å². The van der Waals surface area contributed by atoms with E-state index in [0.29, 0.717) is 28.1 Å². The molecule has 0 aliphatic heterocycles. The summed E-state index contributed by atoms with van der Waals surface area (Å²) in [7, 11) is 0. The molecule has 4 heterocycles. The molecule has 0 aliphatic rings. The Labute approximate surface area is 184 Å². The van der Waals surface area contributed by atoms with Crippen LogP contribution >= 0.6 is 0 Å². The number of pyridine rings is 4. The summed E-state index contributed by atoms with van der Waals surface area (Å²) >= 11 is 0. The number of aromatic nitrogens is 4. The van der Waals surface area contributed by atoms with Crippen LogP contribution < -0.4 is 5.32 Å². The number of aryl methyl sites for hydroxylation is 1. The summed E-state index contributed by atoms with van der Waals surface area (Å²) < 4.78 is 15.1. The Kier molecular flexibility index (Phi) is 5.78. The molecule has 0 bridgehead atoms. The van der Waals surface area contributed by atoms with E-state index >= 15 is 4.39 Å². The van der Waals surface area contributed by atoms with Crippen molar-refractivity contribution >= 4 is 11.5 Å². The Hall–Kier alpha value is -4.69. The number of nitrogens with zero attached hydrogens (tertiary/aromatic N) is 6. The molecule has 0 unspecified atom stereocenters.